The smallest absolute Gasteiger partial charge is 0.251 e. The first-order chi connectivity index (χ1) is 12.2. The highest BCUT2D eigenvalue weighted by Crippen LogP contribution is 2.06. The molecule has 0 saturated carbocycles. The molecule has 2 N–H and O–H groups in total. The maximum absolute atomic E-state index is 12.2. The zero-order valence-electron chi connectivity index (χ0n) is 14.2. The van der Waals surface area contributed by atoms with E-state index in [0.29, 0.717) is 18.7 Å². The summed E-state index contributed by atoms with van der Waals surface area (Å²) < 4.78 is 7.13. The lowest BCUT2D eigenvalue weighted by Crippen LogP contribution is -2.23. The van der Waals surface area contributed by atoms with Crippen LogP contribution in [0.1, 0.15) is 27.2 Å². The Kier molecular flexibility index (Phi) is 5.64. The van der Waals surface area contributed by atoms with Gasteiger partial charge in [-0.25, -0.2) is 0 Å². The summed E-state index contributed by atoms with van der Waals surface area (Å²) in [7, 11) is 0. The summed E-state index contributed by atoms with van der Waals surface area (Å²) in [6, 6.07) is 11.3. The first-order valence-electron chi connectivity index (χ1n) is 8.30. The van der Waals surface area contributed by atoms with Gasteiger partial charge in [0, 0.05) is 24.8 Å². The molecule has 3 aromatic rings. The van der Waals surface area contributed by atoms with Crippen LogP contribution < -0.4 is 10.6 Å². The molecule has 0 bridgehead atoms. The monoisotopic (exact) mass is 338 g/mol. The number of carbonyl (C=O) groups is 1. The maximum atomic E-state index is 12.2. The predicted octanol–water partition coefficient (Wildman–Crippen LogP) is 2.50. The maximum Gasteiger partial charge on any atom is 0.251 e. The van der Waals surface area contributed by atoms with Crippen molar-refractivity contribution in [2.45, 2.75) is 26.6 Å². The van der Waals surface area contributed by atoms with Crippen molar-refractivity contribution in [3.63, 3.8) is 0 Å². The van der Waals surface area contributed by atoms with Gasteiger partial charge in [0.25, 0.3) is 5.91 Å². The zero-order chi connectivity index (χ0) is 17.5. The minimum Gasteiger partial charge on any atom is -0.467 e. The molecule has 130 valence electrons. The zero-order valence-corrected chi connectivity index (χ0v) is 14.2. The molecule has 6 heteroatoms. The minimum atomic E-state index is -0.106. The third-order valence-electron chi connectivity index (χ3n) is 3.80. The third kappa shape index (κ3) is 5.06. The Balaban J connectivity index is 1.46. The van der Waals surface area contributed by atoms with Gasteiger partial charge in [-0.1, -0.05) is 12.1 Å². The average molecular weight is 338 g/mol. The normalized spacial score (nSPS) is 10.8. The molecule has 3 rings (SSSR count). The molecule has 0 aliphatic heterocycles. The Hall–Kier alpha value is -2.86. The van der Waals surface area contributed by atoms with Gasteiger partial charge in [0.1, 0.15) is 5.76 Å². The highest BCUT2D eigenvalue weighted by atomic mass is 16.3. The fourth-order valence-corrected chi connectivity index (χ4v) is 2.52. The van der Waals surface area contributed by atoms with E-state index < -0.39 is 0 Å². The van der Waals surface area contributed by atoms with E-state index in [9.17, 15) is 4.79 Å². The lowest BCUT2D eigenvalue weighted by atomic mass is 10.1. The van der Waals surface area contributed by atoms with Crippen molar-refractivity contribution < 1.29 is 9.21 Å². The van der Waals surface area contributed by atoms with E-state index in [1.165, 1.54) is 0 Å². The third-order valence-corrected chi connectivity index (χ3v) is 3.80. The molecular weight excluding hydrogens is 316 g/mol. The Morgan fingerprint density at radius 2 is 2.16 bits per heavy atom. The number of rotatable bonds is 8. The quantitative estimate of drug-likeness (QED) is 0.619. The van der Waals surface area contributed by atoms with Gasteiger partial charge in [-0.3, -0.25) is 9.48 Å². The molecule has 6 nitrogen and oxygen atoms in total. The lowest BCUT2D eigenvalue weighted by Gasteiger charge is -2.08. The van der Waals surface area contributed by atoms with Crippen molar-refractivity contribution in [2.75, 3.05) is 6.54 Å². The molecule has 0 saturated heterocycles. The van der Waals surface area contributed by atoms with Gasteiger partial charge in [0.15, 0.2) is 0 Å². The van der Waals surface area contributed by atoms with Crippen molar-refractivity contribution in [1.82, 2.24) is 20.4 Å². The van der Waals surface area contributed by atoms with Crippen molar-refractivity contribution in [3.05, 3.63) is 77.5 Å². The molecule has 2 heterocycles. The van der Waals surface area contributed by atoms with Crippen LogP contribution in [0.5, 0.6) is 0 Å². The lowest BCUT2D eigenvalue weighted by molar-refractivity contribution is 0.0948. The van der Waals surface area contributed by atoms with Crippen LogP contribution in [0.4, 0.5) is 0 Å². The van der Waals surface area contributed by atoms with E-state index in [2.05, 4.69) is 15.7 Å². The Bertz CT molecular complexity index is 808. The Morgan fingerprint density at radius 1 is 1.24 bits per heavy atom. The number of amides is 1. The van der Waals surface area contributed by atoms with Crippen LogP contribution in [0.3, 0.4) is 0 Å². The van der Waals surface area contributed by atoms with Gasteiger partial charge >= 0.3 is 0 Å². The first kappa shape index (κ1) is 17.0. The molecule has 25 heavy (non-hydrogen) atoms. The van der Waals surface area contributed by atoms with Crippen molar-refractivity contribution in [1.29, 1.82) is 0 Å². The molecule has 0 unspecified atom stereocenters. The number of furan rings is 1. The van der Waals surface area contributed by atoms with Crippen molar-refractivity contribution >= 4 is 5.91 Å². The van der Waals surface area contributed by atoms with Gasteiger partial charge in [0.2, 0.25) is 0 Å². The van der Waals surface area contributed by atoms with Crippen LogP contribution in [-0.4, -0.2) is 22.2 Å². The molecule has 2 aromatic heterocycles. The number of nitrogens with zero attached hydrogens (tertiary/aromatic N) is 2. The van der Waals surface area contributed by atoms with E-state index in [4.69, 9.17) is 4.42 Å². The minimum absolute atomic E-state index is 0.106. The molecule has 0 atom stereocenters. The SMILES string of the molecule is Cc1cnn(CCNCc2cccc(C(=O)NCc3ccco3)c2)c1. The fourth-order valence-electron chi connectivity index (χ4n) is 2.52. The highest BCUT2D eigenvalue weighted by molar-refractivity contribution is 5.94. The van der Waals surface area contributed by atoms with E-state index >= 15 is 0 Å². The van der Waals surface area contributed by atoms with E-state index in [1.54, 1.807) is 12.3 Å². The standard InChI is InChI=1S/C19H22N4O2/c1-15-11-22-23(14-15)8-7-20-12-16-4-2-5-17(10-16)19(24)21-13-18-6-3-9-25-18/h2-6,9-11,14,20H,7-8,12-13H2,1H3,(H,21,24). The Labute approximate surface area is 146 Å². The summed E-state index contributed by atoms with van der Waals surface area (Å²) in [5.41, 5.74) is 2.88. The van der Waals surface area contributed by atoms with Gasteiger partial charge in [-0.15, -0.1) is 0 Å². The second kappa shape index (κ2) is 8.30. The molecule has 0 spiro atoms. The molecule has 0 radical (unpaired) electrons. The number of benzene rings is 1. The molecular formula is C19H22N4O2. The molecule has 1 amide bonds. The van der Waals surface area contributed by atoms with Gasteiger partial charge in [-0.05, 0) is 42.3 Å². The number of aromatic nitrogens is 2. The van der Waals surface area contributed by atoms with Crippen molar-refractivity contribution in [2.24, 2.45) is 0 Å². The average Bonchev–Trinajstić information content (AvgIpc) is 3.28. The number of aryl methyl sites for hydroxylation is 1. The number of nitrogens with one attached hydrogen (secondary N) is 2. The summed E-state index contributed by atoms with van der Waals surface area (Å²) in [4.78, 5) is 12.2. The number of hydrogen-bond acceptors (Lipinski definition) is 4. The van der Waals surface area contributed by atoms with Crippen LogP contribution in [0.15, 0.2) is 59.5 Å². The second-order valence-electron chi connectivity index (χ2n) is 5.92. The Morgan fingerprint density at radius 3 is 2.92 bits per heavy atom. The molecule has 0 aliphatic rings. The summed E-state index contributed by atoms with van der Waals surface area (Å²) in [6.45, 7) is 4.75. The summed E-state index contributed by atoms with van der Waals surface area (Å²) in [5, 5.41) is 10.5. The fraction of sp³-hybridized carbons (Fsp3) is 0.263. The van der Waals surface area contributed by atoms with E-state index in [1.807, 2.05) is 54.3 Å². The van der Waals surface area contributed by atoms with Crippen LogP contribution in [-0.2, 0) is 19.6 Å². The number of hydrogen-bond donors (Lipinski definition) is 2. The molecule has 0 aliphatic carbocycles. The number of carbonyl (C=O) groups excluding carboxylic acids is 1. The topological polar surface area (TPSA) is 72.1 Å². The predicted molar refractivity (Wildman–Crippen MR) is 95.0 cm³/mol. The van der Waals surface area contributed by atoms with E-state index in [-0.39, 0.29) is 5.91 Å². The largest absolute Gasteiger partial charge is 0.467 e. The van der Waals surface area contributed by atoms with Gasteiger partial charge < -0.3 is 15.1 Å². The van der Waals surface area contributed by atoms with Crippen LogP contribution in [0.2, 0.25) is 0 Å². The summed E-state index contributed by atoms with van der Waals surface area (Å²) >= 11 is 0. The van der Waals surface area contributed by atoms with Crippen LogP contribution in [0.25, 0.3) is 0 Å². The van der Waals surface area contributed by atoms with Crippen LogP contribution in [0, 0.1) is 6.92 Å². The summed E-state index contributed by atoms with van der Waals surface area (Å²) in [5.74, 6) is 0.630. The van der Waals surface area contributed by atoms with E-state index in [0.717, 1.165) is 30.0 Å². The van der Waals surface area contributed by atoms with Gasteiger partial charge in [0.05, 0.1) is 25.5 Å². The van der Waals surface area contributed by atoms with Crippen molar-refractivity contribution in [3.8, 4) is 0 Å². The van der Waals surface area contributed by atoms with Crippen LogP contribution >= 0.6 is 0 Å². The molecule has 1 aromatic carbocycles. The highest BCUT2D eigenvalue weighted by Gasteiger charge is 2.07. The first-order valence-corrected chi connectivity index (χ1v) is 8.30. The second-order valence-corrected chi connectivity index (χ2v) is 5.92. The summed E-state index contributed by atoms with van der Waals surface area (Å²) in [6.07, 6.45) is 5.47. The van der Waals surface area contributed by atoms with Gasteiger partial charge in [-0.2, -0.15) is 5.10 Å². The molecule has 0 fully saturated rings.